The van der Waals surface area contributed by atoms with Crippen molar-refractivity contribution >= 4 is 46.6 Å². The number of aryl methyl sites for hydroxylation is 1. The van der Waals surface area contributed by atoms with Gasteiger partial charge in [0.1, 0.15) is 11.6 Å². The van der Waals surface area contributed by atoms with E-state index in [1.165, 1.54) is 25.6 Å². The molecule has 2 heterocycles. The summed E-state index contributed by atoms with van der Waals surface area (Å²) in [5, 5.41) is 16.4. The van der Waals surface area contributed by atoms with Crippen LogP contribution in [-0.2, 0) is 9.59 Å². The van der Waals surface area contributed by atoms with Crippen LogP contribution in [0.5, 0.6) is 0 Å². The van der Waals surface area contributed by atoms with Gasteiger partial charge in [-0.1, -0.05) is 12.1 Å². The summed E-state index contributed by atoms with van der Waals surface area (Å²) in [6.07, 6.45) is 0. The largest absolute Gasteiger partial charge is 0.326 e. The number of hydrogen-bond donors (Lipinski definition) is 4. The van der Waals surface area contributed by atoms with Crippen molar-refractivity contribution in [3.05, 3.63) is 66.4 Å². The monoisotopic (exact) mass is 473 g/mol. The minimum Gasteiger partial charge on any atom is -0.326 e. The Hall–Kier alpha value is -4.18. The second-order valence-electron chi connectivity index (χ2n) is 7.54. The molecular formula is C24H23N7O2S. The third-order valence-electron chi connectivity index (χ3n) is 4.54. The number of carbonyl (C=O) groups is 2. The average Bonchev–Trinajstić information content (AvgIpc) is 3.19. The standard InChI is InChI=1S/C24H23N7O2S/c1-14-11-23(31-30-14)28-22-13-21(17-5-4-6-19(12-17)26-16(3)33)27-24(29-22)34-20-9-7-18(8-10-20)25-15(2)32/h4-13H,1-3H3,(H,25,32)(H,26,33)(H2,27,28,29,30,31). The quantitative estimate of drug-likeness (QED) is 0.279. The first-order valence-electron chi connectivity index (χ1n) is 10.5. The lowest BCUT2D eigenvalue weighted by molar-refractivity contribution is -0.115. The van der Waals surface area contributed by atoms with E-state index in [1.807, 2.05) is 67.6 Å². The van der Waals surface area contributed by atoms with Gasteiger partial charge in [0.05, 0.1) is 11.4 Å². The first kappa shape index (κ1) is 23.0. The van der Waals surface area contributed by atoms with Crippen LogP contribution in [0.2, 0.25) is 0 Å². The van der Waals surface area contributed by atoms with Crippen molar-refractivity contribution < 1.29 is 9.59 Å². The van der Waals surface area contributed by atoms with Crippen LogP contribution in [0.1, 0.15) is 19.5 Å². The Morgan fingerprint density at radius 3 is 2.29 bits per heavy atom. The van der Waals surface area contributed by atoms with Crippen LogP contribution in [-0.4, -0.2) is 32.0 Å². The summed E-state index contributed by atoms with van der Waals surface area (Å²) in [4.78, 5) is 33.1. The van der Waals surface area contributed by atoms with E-state index in [4.69, 9.17) is 4.98 Å². The number of rotatable bonds is 7. The van der Waals surface area contributed by atoms with Crippen molar-refractivity contribution in [3.63, 3.8) is 0 Å². The molecule has 2 aromatic carbocycles. The Labute approximate surface area is 200 Å². The minimum absolute atomic E-state index is 0.123. The molecule has 4 N–H and O–H groups in total. The third-order valence-corrected chi connectivity index (χ3v) is 5.41. The van der Waals surface area contributed by atoms with Gasteiger partial charge in [-0.15, -0.1) is 0 Å². The first-order valence-corrected chi connectivity index (χ1v) is 11.3. The van der Waals surface area contributed by atoms with E-state index >= 15 is 0 Å². The maximum atomic E-state index is 11.5. The van der Waals surface area contributed by atoms with Crippen LogP contribution < -0.4 is 16.0 Å². The zero-order valence-corrected chi connectivity index (χ0v) is 19.7. The molecule has 0 bridgehead atoms. The molecule has 2 amide bonds. The van der Waals surface area contributed by atoms with Crippen LogP contribution in [0, 0.1) is 6.92 Å². The highest BCUT2D eigenvalue weighted by molar-refractivity contribution is 7.99. The van der Waals surface area contributed by atoms with Crippen LogP contribution in [0.4, 0.5) is 23.0 Å². The van der Waals surface area contributed by atoms with Crippen molar-refractivity contribution in [2.24, 2.45) is 0 Å². The number of nitrogens with zero attached hydrogens (tertiary/aromatic N) is 3. The molecule has 0 spiro atoms. The van der Waals surface area contributed by atoms with Gasteiger partial charge in [-0.3, -0.25) is 14.7 Å². The Balaban J connectivity index is 1.67. The summed E-state index contributed by atoms with van der Waals surface area (Å²) in [5.41, 5.74) is 3.79. The number of amides is 2. The summed E-state index contributed by atoms with van der Waals surface area (Å²) in [7, 11) is 0. The van der Waals surface area contributed by atoms with E-state index in [0.29, 0.717) is 28.2 Å². The highest BCUT2D eigenvalue weighted by atomic mass is 32.2. The molecule has 0 atom stereocenters. The molecule has 0 fully saturated rings. The smallest absolute Gasteiger partial charge is 0.221 e. The summed E-state index contributed by atoms with van der Waals surface area (Å²) >= 11 is 1.40. The van der Waals surface area contributed by atoms with Gasteiger partial charge in [-0.25, -0.2) is 9.97 Å². The number of benzene rings is 2. The Morgan fingerprint density at radius 1 is 0.882 bits per heavy atom. The maximum Gasteiger partial charge on any atom is 0.221 e. The van der Waals surface area contributed by atoms with Gasteiger partial charge >= 0.3 is 0 Å². The van der Waals surface area contributed by atoms with Crippen molar-refractivity contribution in [2.45, 2.75) is 30.8 Å². The number of carbonyl (C=O) groups excluding carboxylic acids is 2. The molecule has 34 heavy (non-hydrogen) atoms. The van der Waals surface area contributed by atoms with Gasteiger partial charge in [-0.2, -0.15) is 5.10 Å². The maximum absolute atomic E-state index is 11.5. The highest BCUT2D eigenvalue weighted by Gasteiger charge is 2.11. The number of nitrogens with one attached hydrogen (secondary N) is 4. The summed E-state index contributed by atoms with van der Waals surface area (Å²) in [6.45, 7) is 4.84. The molecule has 0 aliphatic rings. The lowest BCUT2D eigenvalue weighted by Crippen LogP contribution is -2.05. The van der Waals surface area contributed by atoms with E-state index in [-0.39, 0.29) is 11.8 Å². The van der Waals surface area contributed by atoms with Gasteiger partial charge in [0.15, 0.2) is 5.16 Å². The topological polar surface area (TPSA) is 125 Å². The molecule has 0 saturated heterocycles. The highest BCUT2D eigenvalue weighted by Crippen LogP contribution is 2.31. The zero-order chi connectivity index (χ0) is 24.1. The molecule has 0 aliphatic carbocycles. The fourth-order valence-electron chi connectivity index (χ4n) is 3.18. The van der Waals surface area contributed by atoms with Crippen molar-refractivity contribution in [1.82, 2.24) is 20.2 Å². The number of H-pyrrole nitrogens is 1. The summed E-state index contributed by atoms with van der Waals surface area (Å²) in [6, 6.07) is 18.7. The number of hydrogen-bond acceptors (Lipinski definition) is 7. The lowest BCUT2D eigenvalue weighted by Gasteiger charge is -2.11. The van der Waals surface area contributed by atoms with Crippen LogP contribution >= 0.6 is 11.8 Å². The Morgan fingerprint density at radius 2 is 1.62 bits per heavy atom. The van der Waals surface area contributed by atoms with E-state index < -0.39 is 0 Å². The van der Waals surface area contributed by atoms with Crippen LogP contribution in [0.25, 0.3) is 11.3 Å². The lowest BCUT2D eigenvalue weighted by atomic mass is 10.1. The molecule has 2 aromatic heterocycles. The molecule has 9 nitrogen and oxygen atoms in total. The van der Waals surface area contributed by atoms with E-state index in [1.54, 1.807) is 0 Å². The van der Waals surface area contributed by atoms with E-state index in [2.05, 4.69) is 31.1 Å². The van der Waals surface area contributed by atoms with E-state index in [0.717, 1.165) is 21.8 Å². The molecule has 4 aromatic rings. The van der Waals surface area contributed by atoms with E-state index in [9.17, 15) is 9.59 Å². The van der Waals surface area contributed by atoms with Gasteiger partial charge in [-0.05, 0) is 55.1 Å². The van der Waals surface area contributed by atoms with Crippen LogP contribution in [0.15, 0.2) is 70.7 Å². The van der Waals surface area contributed by atoms with Crippen LogP contribution in [0.3, 0.4) is 0 Å². The number of aromatic amines is 1. The minimum atomic E-state index is -0.143. The average molecular weight is 474 g/mol. The van der Waals surface area contributed by atoms with Crippen molar-refractivity contribution in [1.29, 1.82) is 0 Å². The summed E-state index contributed by atoms with van der Waals surface area (Å²) in [5.74, 6) is 1.04. The SMILES string of the molecule is CC(=O)Nc1ccc(Sc2nc(Nc3cc(C)n[nH]3)cc(-c3cccc(NC(C)=O)c3)n2)cc1. The second kappa shape index (κ2) is 10.2. The zero-order valence-electron chi connectivity index (χ0n) is 18.8. The van der Waals surface area contributed by atoms with Gasteiger partial charge < -0.3 is 16.0 Å². The van der Waals surface area contributed by atoms with Gasteiger partial charge in [0.2, 0.25) is 11.8 Å². The van der Waals surface area contributed by atoms with Gasteiger partial charge in [0, 0.05) is 47.8 Å². The normalized spacial score (nSPS) is 10.6. The fourth-order valence-corrected chi connectivity index (χ4v) is 3.95. The molecule has 172 valence electrons. The predicted molar refractivity (Wildman–Crippen MR) is 133 cm³/mol. The van der Waals surface area contributed by atoms with Crippen molar-refractivity contribution in [3.8, 4) is 11.3 Å². The molecule has 0 radical (unpaired) electrons. The second-order valence-corrected chi connectivity index (χ2v) is 8.58. The third kappa shape index (κ3) is 6.20. The molecule has 0 saturated carbocycles. The summed E-state index contributed by atoms with van der Waals surface area (Å²) < 4.78 is 0. The Kier molecular flexibility index (Phi) is 6.88. The fraction of sp³-hybridized carbons (Fsp3) is 0.125. The molecule has 0 unspecified atom stereocenters. The first-order chi connectivity index (χ1) is 16.3. The molecule has 4 rings (SSSR count). The van der Waals surface area contributed by atoms with Gasteiger partial charge in [0.25, 0.3) is 0 Å². The molecule has 10 heteroatoms. The van der Waals surface area contributed by atoms with Crippen molar-refractivity contribution in [2.75, 3.05) is 16.0 Å². The Bertz CT molecular complexity index is 1340. The number of anilines is 4. The predicted octanol–water partition coefficient (Wildman–Crippen LogP) is 4.99. The number of aromatic nitrogens is 4. The molecular weight excluding hydrogens is 450 g/mol. The molecule has 0 aliphatic heterocycles.